The molecular formula is C19H22N4O3S2. The molecule has 1 aliphatic rings. The van der Waals surface area contributed by atoms with Crippen molar-refractivity contribution in [3.8, 4) is 12.3 Å². The third kappa shape index (κ3) is 4.97. The monoisotopic (exact) mass is 418 g/mol. The summed E-state index contributed by atoms with van der Waals surface area (Å²) in [5.74, 6) is 2.13. The van der Waals surface area contributed by atoms with Gasteiger partial charge in [0.15, 0.2) is 0 Å². The van der Waals surface area contributed by atoms with Gasteiger partial charge in [0, 0.05) is 43.7 Å². The molecule has 3 rings (SSSR count). The number of thiazole rings is 1. The average Bonchev–Trinajstić information content (AvgIpc) is 3.11. The van der Waals surface area contributed by atoms with Gasteiger partial charge in [-0.25, -0.2) is 13.4 Å². The second-order valence-corrected chi connectivity index (χ2v) is 9.31. The standard InChI is InChI=1S/C19H22N4O3S2/c1-3-8-20-28(25,26)18-6-4-16(5-7-18)19(24)23-11-9-22(10-12-23)13-17-14-27-15(2)21-17/h1,4-7,14,20H,8-13H2,2H3. The SMILES string of the molecule is C#CCNS(=O)(=O)c1ccc(C(=O)N2CCN(Cc3csc(C)n3)CC2)cc1. The third-order valence-electron chi connectivity index (χ3n) is 4.49. The normalized spacial score (nSPS) is 15.4. The number of rotatable bonds is 6. The number of nitrogens with zero attached hydrogens (tertiary/aromatic N) is 3. The first-order valence-corrected chi connectivity index (χ1v) is 11.2. The van der Waals surface area contributed by atoms with Gasteiger partial charge in [-0.05, 0) is 31.2 Å². The number of hydrogen-bond acceptors (Lipinski definition) is 6. The first-order valence-electron chi connectivity index (χ1n) is 8.85. The number of amides is 1. The van der Waals surface area contributed by atoms with E-state index in [1.165, 1.54) is 24.3 Å². The molecule has 1 aliphatic heterocycles. The molecule has 1 N–H and O–H groups in total. The Labute approximate surface area is 169 Å². The zero-order valence-corrected chi connectivity index (χ0v) is 17.2. The van der Waals surface area contributed by atoms with Crippen LogP contribution >= 0.6 is 11.3 Å². The van der Waals surface area contributed by atoms with Crippen molar-refractivity contribution in [3.05, 3.63) is 45.9 Å². The van der Waals surface area contributed by atoms with Gasteiger partial charge >= 0.3 is 0 Å². The molecule has 0 radical (unpaired) electrons. The fraction of sp³-hybridized carbons (Fsp3) is 0.368. The number of aryl methyl sites for hydroxylation is 1. The molecule has 0 bridgehead atoms. The van der Waals surface area contributed by atoms with Crippen molar-refractivity contribution >= 4 is 27.3 Å². The summed E-state index contributed by atoms with van der Waals surface area (Å²) in [6, 6.07) is 5.92. The Hall–Kier alpha value is -2.25. The minimum Gasteiger partial charge on any atom is -0.336 e. The van der Waals surface area contributed by atoms with E-state index in [-0.39, 0.29) is 17.3 Å². The van der Waals surface area contributed by atoms with Crippen LogP contribution in [-0.4, -0.2) is 61.8 Å². The van der Waals surface area contributed by atoms with Crippen LogP contribution in [0.25, 0.3) is 0 Å². The molecule has 2 aromatic rings. The van der Waals surface area contributed by atoms with Crippen molar-refractivity contribution in [3.63, 3.8) is 0 Å². The maximum absolute atomic E-state index is 12.7. The van der Waals surface area contributed by atoms with Gasteiger partial charge in [0.25, 0.3) is 5.91 Å². The number of nitrogens with one attached hydrogen (secondary N) is 1. The predicted octanol–water partition coefficient (Wildman–Crippen LogP) is 1.32. The molecule has 1 fully saturated rings. The minimum absolute atomic E-state index is 0.0756. The van der Waals surface area contributed by atoms with E-state index in [0.717, 1.165) is 30.3 Å². The van der Waals surface area contributed by atoms with Gasteiger partial charge < -0.3 is 4.90 Å². The molecule has 148 valence electrons. The van der Waals surface area contributed by atoms with Crippen molar-refractivity contribution in [1.82, 2.24) is 19.5 Å². The number of carbonyl (C=O) groups is 1. The summed E-state index contributed by atoms with van der Waals surface area (Å²) in [5, 5.41) is 3.13. The minimum atomic E-state index is -3.65. The predicted molar refractivity (Wildman–Crippen MR) is 108 cm³/mol. The van der Waals surface area contributed by atoms with Crippen LogP contribution in [0.4, 0.5) is 0 Å². The molecule has 0 aliphatic carbocycles. The van der Waals surface area contributed by atoms with Crippen molar-refractivity contribution < 1.29 is 13.2 Å². The maximum Gasteiger partial charge on any atom is 0.253 e. The lowest BCUT2D eigenvalue weighted by Crippen LogP contribution is -2.48. The molecule has 0 unspecified atom stereocenters. The van der Waals surface area contributed by atoms with Crippen molar-refractivity contribution in [1.29, 1.82) is 0 Å². The summed E-state index contributed by atoms with van der Waals surface area (Å²) in [5.41, 5.74) is 1.54. The van der Waals surface area contributed by atoms with Crippen LogP contribution in [0.3, 0.4) is 0 Å². The van der Waals surface area contributed by atoms with E-state index in [0.29, 0.717) is 18.7 Å². The molecule has 0 spiro atoms. The van der Waals surface area contributed by atoms with E-state index in [1.807, 2.05) is 6.92 Å². The molecule has 1 amide bonds. The molecule has 0 atom stereocenters. The van der Waals surface area contributed by atoms with E-state index in [2.05, 4.69) is 25.9 Å². The zero-order valence-electron chi connectivity index (χ0n) is 15.6. The Balaban J connectivity index is 1.57. The summed E-state index contributed by atoms with van der Waals surface area (Å²) in [4.78, 5) is 21.4. The molecule has 1 aromatic carbocycles. The fourth-order valence-electron chi connectivity index (χ4n) is 3.00. The summed E-state index contributed by atoms with van der Waals surface area (Å²) in [7, 11) is -3.65. The van der Waals surface area contributed by atoms with Gasteiger partial charge in [-0.3, -0.25) is 9.69 Å². The topological polar surface area (TPSA) is 82.6 Å². The zero-order chi connectivity index (χ0) is 20.1. The van der Waals surface area contributed by atoms with E-state index < -0.39 is 10.0 Å². The highest BCUT2D eigenvalue weighted by molar-refractivity contribution is 7.89. The fourth-order valence-corrected chi connectivity index (χ4v) is 4.54. The van der Waals surface area contributed by atoms with Gasteiger partial charge in [0.1, 0.15) is 0 Å². The van der Waals surface area contributed by atoms with Crippen molar-refractivity contribution in [2.45, 2.75) is 18.4 Å². The molecule has 28 heavy (non-hydrogen) atoms. The highest BCUT2D eigenvalue weighted by atomic mass is 32.2. The molecule has 7 nitrogen and oxygen atoms in total. The number of terminal acetylenes is 1. The molecule has 1 saturated heterocycles. The highest BCUT2D eigenvalue weighted by Crippen LogP contribution is 2.15. The summed E-state index contributed by atoms with van der Waals surface area (Å²) in [6.07, 6.45) is 5.08. The number of sulfonamides is 1. The van der Waals surface area contributed by atoms with E-state index >= 15 is 0 Å². The second-order valence-electron chi connectivity index (χ2n) is 6.48. The first-order chi connectivity index (χ1) is 13.4. The lowest BCUT2D eigenvalue weighted by Gasteiger charge is -2.34. The molecule has 0 saturated carbocycles. The average molecular weight is 419 g/mol. The summed E-state index contributed by atoms with van der Waals surface area (Å²) in [6.45, 7) is 5.54. The number of aromatic nitrogens is 1. The number of benzene rings is 1. The summed E-state index contributed by atoms with van der Waals surface area (Å²) >= 11 is 1.64. The quantitative estimate of drug-likeness (QED) is 0.716. The Kier molecular flexibility index (Phi) is 6.46. The first kappa shape index (κ1) is 20.5. The lowest BCUT2D eigenvalue weighted by molar-refractivity contribution is 0.0627. The van der Waals surface area contributed by atoms with E-state index in [9.17, 15) is 13.2 Å². The Morgan fingerprint density at radius 2 is 1.93 bits per heavy atom. The van der Waals surface area contributed by atoms with Crippen LogP contribution in [0, 0.1) is 19.3 Å². The van der Waals surface area contributed by atoms with Crippen LogP contribution in [0.1, 0.15) is 21.1 Å². The third-order valence-corrected chi connectivity index (χ3v) is 6.73. The molecule has 9 heteroatoms. The van der Waals surface area contributed by atoms with Crippen LogP contribution in [0.5, 0.6) is 0 Å². The highest BCUT2D eigenvalue weighted by Gasteiger charge is 2.23. The van der Waals surface area contributed by atoms with Crippen LogP contribution < -0.4 is 4.72 Å². The number of carbonyl (C=O) groups excluding carboxylic acids is 1. The summed E-state index contributed by atoms with van der Waals surface area (Å²) < 4.78 is 26.4. The Bertz CT molecular complexity index is 969. The van der Waals surface area contributed by atoms with E-state index in [1.54, 1.807) is 16.2 Å². The molecule has 2 heterocycles. The second kappa shape index (κ2) is 8.84. The largest absolute Gasteiger partial charge is 0.336 e. The smallest absolute Gasteiger partial charge is 0.253 e. The number of piperazine rings is 1. The van der Waals surface area contributed by atoms with Crippen LogP contribution in [0.2, 0.25) is 0 Å². The van der Waals surface area contributed by atoms with Gasteiger partial charge in [0.2, 0.25) is 10.0 Å². The van der Waals surface area contributed by atoms with Gasteiger partial charge in [-0.2, -0.15) is 4.72 Å². The van der Waals surface area contributed by atoms with Crippen LogP contribution in [-0.2, 0) is 16.6 Å². The number of hydrogen-bond donors (Lipinski definition) is 1. The van der Waals surface area contributed by atoms with Gasteiger partial charge in [-0.15, -0.1) is 17.8 Å². The van der Waals surface area contributed by atoms with Crippen molar-refractivity contribution in [2.24, 2.45) is 0 Å². The van der Waals surface area contributed by atoms with Crippen molar-refractivity contribution in [2.75, 3.05) is 32.7 Å². The maximum atomic E-state index is 12.7. The van der Waals surface area contributed by atoms with Gasteiger partial charge in [0.05, 0.1) is 22.1 Å². The lowest BCUT2D eigenvalue weighted by atomic mass is 10.2. The Morgan fingerprint density at radius 3 is 2.50 bits per heavy atom. The molecule has 1 aromatic heterocycles. The van der Waals surface area contributed by atoms with Crippen LogP contribution in [0.15, 0.2) is 34.5 Å². The van der Waals surface area contributed by atoms with E-state index in [4.69, 9.17) is 6.42 Å². The Morgan fingerprint density at radius 1 is 1.25 bits per heavy atom. The van der Waals surface area contributed by atoms with Gasteiger partial charge in [-0.1, -0.05) is 5.92 Å². The molecular weight excluding hydrogens is 396 g/mol.